The van der Waals surface area contributed by atoms with Crippen molar-refractivity contribution >= 4 is 44.3 Å². The van der Waals surface area contributed by atoms with Crippen LogP contribution in [0.3, 0.4) is 0 Å². The molecule has 0 aliphatic carbocycles. The highest BCUT2D eigenvalue weighted by atomic mass is 32.1. The number of amides is 1. The highest BCUT2D eigenvalue weighted by molar-refractivity contribution is 7.21. The summed E-state index contributed by atoms with van der Waals surface area (Å²) in [6.07, 6.45) is 0. The number of imidazole rings is 1. The van der Waals surface area contributed by atoms with Crippen molar-refractivity contribution in [2.75, 3.05) is 12.4 Å². The third-order valence-corrected chi connectivity index (χ3v) is 5.08. The number of nitrogens with one attached hydrogen (secondary N) is 2. The van der Waals surface area contributed by atoms with Crippen molar-refractivity contribution in [3.8, 4) is 0 Å². The van der Waals surface area contributed by atoms with Crippen molar-refractivity contribution in [3.05, 3.63) is 58.7 Å². The summed E-state index contributed by atoms with van der Waals surface area (Å²) in [7, 11) is 1.52. The first-order chi connectivity index (χ1) is 12.2. The number of methoxy groups -OCH3 is 1. The first-order valence-electron chi connectivity index (χ1n) is 7.62. The monoisotopic (exact) mass is 355 g/mol. The Kier molecular flexibility index (Phi) is 3.95. The van der Waals surface area contributed by atoms with E-state index in [1.165, 1.54) is 24.5 Å². The molecule has 2 heterocycles. The van der Waals surface area contributed by atoms with E-state index < -0.39 is 0 Å². The lowest BCUT2D eigenvalue weighted by molar-refractivity contribution is 0.102. The number of nitrogens with zero attached hydrogens (tertiary/aromatic N) is 1. The number of benzene rings is 2. The van der Waals surface area contributed by atoms with Gasteiger partial charge in [-0.05, 0) is 24.3 Å². The normalized spacial score (nSPS) is 11.3. The Morgan fingerprint density at radius 1 is 1.28 bits per heavy atom. The van der Waals surface area contributed by atoms with Crippen molar-refractivity contribution < 1.29 is 13.9 Å². The van der Waals surface area contributed by atoms with Crippen LogP contribution in [0.2, 0.25) is 0 Å². The number of aromatic nitrogens is 2. The summed E-state index contributed by atoms with van der Waals surface area (Å²) in [4.78, 5) is 20.5. The minimum Gasteiger partial charge on any atom is -0.380 e. The molecule has 0 aliphatic heterocycles. The molecule has 0 fully saturated rings. The smallest absolute Gasteiger partial charge is 0.268 e. The molecule has 0 saturated carbocycles. The van der Waals surface area contributed by atoms with Crippen molar-refractivity contribution in [2.45, 2.75) is 6.61 Å². The Hall–Kier alpha value is -2.77. The standard InChI is InChI=1S/C18H14FN3O2S/c1-24-9-10-15-11(19)5-4-8-14(15)25-16(10)17(23)22-18-20-12-6-2-3-7-13(12)21-18/h2-8H,9H2,1H3,(H2,20,21,22,23). The topological polar surface area (TPSA) is 67.0 Å². The van der Waals surface area contributed by atoms with E-state index in [9.17, 15) is 9.18 Å². The zero-order valence-electron chi connectivity index (χ0n) is 13.3. The number of ether oxygens (including phenoxy) is 1. The number of rotatable bonds is 4. The number of aromatic amines is 1. The predicted octanol–water partition coefficient (Wildman–Crippen LogP) is 4.32. The van der Waals surface area contributed by atoms with Crippen molar-refractivity contribution in [1.82, 2.24) is 9.97 Å². The van der Waals surface area contributed by atoms with Crippen LogP contribution in [-0.4, -0.2) is 23.0 Å². The molecule has 0 atom stereocenters. The van der Waals surface area contributed by atoms with Crippen LogP contribution in [-0.2, 0) is 11.3 Å². The highest BCUT2D eigenvalue weighted by Crippen LogP contribution is 2.34. The van der Waals surface area contributed by atoms with E-state index in [2.05, 4.69) is 15.3 Å². The van der Waals surface area contributed by atoms with E-state index in [-0.39, 0.29) is 18.3 Å². The van der Waals surface area contributed by atoms with E-state index in [4.69, 9.17) is 4.74 Å². The molecule has 0 aliphatic rings. The van der Waals surface area contributed by atoms with E-state index >= 15 is 0 Å². The van der Waals surface area contributed by atoms with Gasteiger partial charge in [0, 0.05) is 22.8 Å². The van der Waals surface area contributed by atoms with Crippen molar-refractivity contribution in [2.24, 2.45) is 0 Å². The fourth-order valence-electron chi connectivity index (χ4n) is 2.81. The quantitative estimate of drug-likeness (QED) is 0.573. The third-order valence-electron chi connectivity index (χ3n) is 3.88. The van der Waals surface area contributed by atoms with Gasteiger partial charge in [0.05, 0.1) is 22.5 Å². The number of para-hydroxylation sites is 2. The molecule has 0 unspecified atom stereocenters. The maximum atomic E-state index is 14.2. The molecule has 0 bridgehead atoms. The van der Waals surface area contributed by atoms with Crippen LogP contribution in [0.15, 0.2) is 42.5 Å². The van der Waals surface area contributed by atoms with Crippen LogP contribution >= 0.6 is 11.3 Å². The maximum Gasteiger partial charge on any atom is 0.268 e. The molecular weight excluding hydrogens is 341 g/mol. The van der Waals surface area contributed by atoms with Gasteiger partial charge in [-0.2, -0.15) is 0 Å². The lowest BCUT2D eigenvalue weighted by atomic mass is 10.1. The lowest BCUT2D eigenvalue weighted by Gasteiger charge is -2.04. The Morgan fingerprint density at radius 2 is 2.12 bits per heavy atom. The average molecular weight is 355 g/mol. The molecule has 4 rings (SSSR count). The second-order valence-electron chi connectivity index (χ2n) is 5.51. The Labute approximate surface area is 146 Å². The Morgan fingerprint density at radius 3 is 2.92 bits per heavy atom. The first kappa shape index (κ1) is 15.7. The number of halogens is 1. The summed E-state index contributed by atoms with van der Waals surface area (Å²) in [5, 5.41) is 3.19. The van der Waals surface area contributed by atoms with Crippen LogP contribution in [0.4, 0.5) is 10.3 Å². The molecule has 2 aromatic carbocycles. The summed E-state index contributed by atoms with van der Waals surface area (Å²) < 4.78 is 20.1. The fraction of sp³-hybridized carbons (Fsp3) is 0.111. The van der Waals surface area contributed by atoms with Crippen molar-refractivity contribution in [1.29, 1.82) is 0 Å². The fourth-order valence-corrected chi connectivity index (χ4v) is 3.93. The van der Waals surface area contributed by atoms with Gasteiger partial charge in [0.15, 0.2) is 0 Å². The van der Waals surface area contributed by atoms with E-state index in [1.54, 1.807) is 12.1 Å². The summed E-state index contributed by atoms with van der Waals surface area (Å²) in [6.45, 7) is 0.157. The Balaban J connectivity index is 1.74. The van der Waals surface area contributed by atoms with Gasteiger partial charge in [-0.25, -0.2) is 9.37 Å². The zero-order valence-corrected chi connectivity index (χ0v) is 14.1. The van der Waals surface area contributed by atoms with E-state index in [1.807, 2.05) is 24.3 Å². The van der Waals surface area contributed by atoms with E-state index in [0.717, 1.165) is 11.0 Å². The second-order valence-corrected chi connectivity index (χ2v) is 6.56. The summed E-state index contributed by atoms with van der Waals surface area (Å²) >= 11 is 1.24. The number of fused-ring (bicyclic) bond motifs is 2. The molecule has 1 amide bonds. The molecule has 126 valence electrons. The van der Waals surface area contributed by atoms with Crippen LogP contribution in [0.25, 0.3) is 21.1 Å². The van der Waals surface area contributed by atoms with Crippen molar-refractivity contribution in [3.63, 3.8) is 0 Å². The number of H-pyrrole nitrogens is 1. The molecule has 0 spiro atoms. The van der Waals surface area contributed by atoms with Gasteiger partial charge in [-0.3, -0.25) is 10.1 Å². The predicted molar refractivity (Wildman–Crippen MR) is 96.5 cm³/mol. The summed E-state index contributed by atoms with van der Waals surface area (Å²) in [5.74, 6) is -0.345. The van der Waals surface area contributed by atoms with Gasteiger partial charge in [-0.15, -0.1) is 11.3 Å². The zero-order chi connectivity index (χ0) is 17.4. The molecule has 7 heteroatoms. The molecule has 5 nitrogen and oxygen atoms in total. The molecular formula is C18H14FN3O2S. The number of thiophene rings is 1. The van der Waals surface area contributed by atoms with Gasteiger partial charge in [-0.1, -0.05) is 18.2 Å². The molecule has 0 radical (unpaired) electrons. The molecule has 2 aromatic heterocycles. The largest absolute Gasteiger partial charge is 0.380 e. The van der Waals surface area contributed by atoms with Crippen LogP contribution in [0, 0.1) is 5.82 Å². The highest BCUT2D eigenvalue weighted by Gasteiger charge is 2.21. The maximum absolute atomic E-state index is 14.2. The SMILES string of the molecule is COCc1c(C(=O)Nc2nc3ccccc3[nH]2)sc2cccc(F)c12. The minimum atomic E-state index is -0.358. The van der Waals surface area contributed by atoms with Gasteiger partial charge in [0.25, 0.3) is 5.91 Å². The molecule has 4 aromatic rings. The third kappa shape index (κ3) is 2.77. The number of anilines is 1. The van der Waals surface area contributed by atoms with Gasteiger partial charge in [0.1, 0.15) is 5.82 Å². The van der Waals surface area contributed by atoms with Crippen LogP contribution < -0.4 is 5.32 Å². The van der Waals surface area contributed by atoms with Crippen LogP contribution in [0.1, 0.15) is 15.2 Å². The molecule has 25 heavy (non-hydrogen) atoms. The average Bonchev–Trinajstić information content (AvgIpc) is 3.17. The number of carbonyl (C=O) groups is 1. The number of hydrogen-bond acceptors (Lipinski definition) is 4. The minimum absolute atomic E-state index is 0.157. The number of carbonyl (C=O) groups excluding carboxylic acids is 1. The van der Waals surface area contributed by atoms with E-state index in [0.29, 0.717) is 26.5 Å². The Bertz CT molecular complexity index is 1050. The first-order valence-corrected chi connectivity index (χ1v) is 8.44. The van der Waals surface area contributed by atoms with Gasteiger partial charge < -0.3 is 9.72 Å². The van der Waals surface area contributed by atoms with Crippen LogP contribution in [0.5, 0.6) is 0 Å². The molecule has 0 saturated heterocycles. The second kappa shape index (κ2) is 6.27. The summed E-state index contributed by atoms with van der Waals surface area (Å²) in [5.41, 5.74) is 2.14. The van der Waals surface area contributed by atoms with Gasteiger partial charge >= 0.3 is 0 Å². The van der Waals surface area contributed by atoms with Gasteiger partial charge in [0.2, 0.25) is 5.95 Å². The lowest BCUT2D eigenvalue weighted by Crippen LogP contribution is -2.13. The molecule has 2 N–H and O–H groups in total. The summed E-state index contributed by atoms with van der Waals surface area (Å²) in [6, 6.07) is 12.3. The number of hydrogen-bond donors (Lipinski definition) is 2.